The largest absolute Gasteiger partial charge is 0.417 e. The van der Waals surface area contributed by atoms with Crippen LogP contribution in [0.15, 0.2) is 18.2 Å². The molecule has 4 nitrogen and oxygen atoms in total. The van der Waals surface area contributed by atoms with Crippen molar-refractivity contribution in [1.82, 2.24) is 5.48 Å². The average molecular weight is 337 g/mol. The Hall–Kier alpha value is -1.44. The number of halogens is 3. The van der Waals surface area contributed by atoms with E-state index in [1.165, 1.54) is 12.1 Å². The summed E-state index contributed by atoms with van der Waals surface area (Å²) in [5.74, 6) is 0. The molecule has 7 heteroatoms. The zero-order chi connectivity index (χ0) is 18.7. The number of aryl methyl sites for hydroxylation is 1. The Bertz CT molecular complexity index is 460. The van der Waals surface area contributed by atoms with Gasteiger partial charge in [0.25, 0.3) is 0 Å². The van der Waals surface area contributed by atoms with Gasteiger partial charge in [0.15, 0.2) is 6.29 Å². The first kappa shape index (κ1) is 23.8. The van der Waals surface area contributed by atoms with Gasteiger partial charge in [-0.1, -0.05) is 31.5 Å². The van der Waals surface area contributed by atoms with E-state index < -0.39 is 17.3 Å². The van der Waals surface area contributed by atoms with E-state index in [1.54, 1.807) is 27.8 Å². The second kappa shape index (κ2) is 11.2. The minimum absolute atomic E-state index is 0.0217. The van der Waals surface area contributed by atoms with Crippen LogP contribution in [0.4, 0.5) is 13.2 Å². The summed E-state index contributed by atoms with van der Waals surface area (Å²) in [5, 5.41) is 8.56. The summed E-state index contributed by atoms with van der Waals surface area (Å²) in [6.07, 6.45) is -4.25. The molecule has 0 bridgehead atoms. The molecule has 0 fully saturated rings. The normalized spacial score (nSPS) is 10.9. The summed E-state index contributed by atoms with van der Waals surface area (Å²) >= 11 is 0. The number of carbonyl (C=O) groups is 1. The summed E-state index contributed by atoms with van der Waals surface area (Å²) < 4.78 is 36.8. The molecule has 0 aliphatic carbocycles. The van der Waals surface area contributed by atoms with E-state index in [0.717, 1.165) is 6.07 Å². The van der Waals surface area contributed by atoms with Crippen LogP contribution in [0.2, 0.25) is 0 Å². The van der Waals surface area contributed by atoms with E-state index in [1.807, 2.05) is 13.8 Å². The Balaban J connectivity index is 0. The standard InChI is InChI=1S/C9H7F3O.C5H13NO2.C2H6/c1-6-2-3-7(5-13)8(4-6)9(10,11)12;1-5(2,4-7)8-6-3;1-2/h2-5H,1H3;6-7H,4H2,1-3H3;1-2H3. The second-order valence-electron chi connectivity index (χ2n) is 4.93. The smallest absolute Gasteiger partial charge is 0.393 e. The number of aliphatic hydroxyl groups is 1. The van der Waals surface area contributed by atoms with Gasteiger partial charge in [-0.3, -0.25) is 9.63 Å². The van der Waals surface area contributed by atoms with Gasteiger partial charge in [0.2, 0.25) is 0 Å². The molecule has 0 amide bonds. The van der Waals surface area contributed by atoms with E-state index in [0.29, 0.717) is 5.56 Å². The molecular formula is C16H26F3NO3. The van der Waals surface area contributed by atoms with Crippen molar-refractivity contribution >= 4 is 6.29 Å². The topological polar surface area (TPSA) is 58.6 Å². The zero-order valence-electron chi connectivity index (χ0n) is 14.4. The highest BCUT2D eigenvalue weighted by Crippen LogP contribution is 2.31. The Morgan fingerprint density at radius 2 is 1.78 bits per heavy atom. The lowest BCUT2D eigenvalue weighted by Gasteiger charge is -2.20. The molecule has 0 saturated heterocycles. The van der Waals surface area contributed by atoms with Gasteiger partial charge in [0, 0.05) is 12.6 Å². The van der Waals surface area contributed by atoms with Crippen molar-refractivity contribution in [3.05, 3.63) is 34.9 Å². The molecule has 0 unspecified atom stereocenters. The number of nitrogens with one attached hydrogen (secondary N) is 1. The highest BCUT2D eigenvalue weighted by atomic mass is 19.4. The van der Waals surface area contributed by atoms with Gasteiger partial charge in [-0.2, -0.15) is 13.2 Å². The monoisotopic (exact) mass is 337 g/mol. The predicted molar refractivity (Wildman–Crippen MR) is 84.2 cm³/mol. The van der Waals surface area contributed by atoms with E-state index in [-0.39, 0.29) is 18.5 Å². The fraction of sp³-hybridized carbons (Fsp3) is 0.562. The van der Waals surface area contributed by atoms with Crippen LogP contribution in [0.25, 0.3) is 0 Å². The third-order valence-corrected chi connectivity index (χ3v) is 2.40. The Labute approximate surface area is 135 Å². The van der Waals surface area contributed by atoms with Crippen LogP contribution >= 0.6 is 0 Å². The Morgan fingerprint density at radius 1 is 1.26 bits per heavy atom. The third kappa shape index (κ3) is 10.0. The molecule has 0 radical (unpaired) electrons. The van der Waals surface area contributed by atoms with Crippen molar-refractivity contribution < 1.29 is 27.9 Å². The molecule has 1 aromatic carbocycles. The van der Waals surface area contributed by atoms with Crippen LogP contribution < -0.4 is 5.48 Å². The number of alkyl halides is 3. The number of hydrogen-bond donors (Lipinski definition) is 2. The molecule has 0 aromatic heterocycles. The van der Waals surface area contributed by atoms with Crippen LogP contribution in [0, 0.1) is 6.92 Å². The molecule has 0 atom stereocenters. The van der Waals surface area contributed by atoms with Crippen molar-refractivity contribution in [1.29, 1.82) is 0 Å². The average Bonchev–Trinajstić information content (AvgIpc) is 2.49. The van der Waals surface area contributed by atoms with E-state index in [2.05, 4.69) is 5.48 Å². The Kier molecular flexibility index (Phi) is 11.5. The van der Waals surface area contributed by atoms with Crippen molar-refractivity contribution in [3.8, 4) is 0 Å². The lowest BCUT2D eigenvalue weighted by molar-refractivity contribution is -0.137. The van der Waals surface area contributed by atoms with Crippen LogP contribution in [-0.4, -0.2) is 30.6 Å². The summed E-state index contributed by atoms with van der Waals surface area (Å²) in [6, 6.07) is 3.61. The number of hydroxylamine groups is 1. The van der Waals surface area contributed by atoms with E-state index >= 15 is 0 Å². The molecule has 0 heterocycles. The lowest BCUT2D eigenvalue weighted by Crippen LogP contribution is -2.33. The van der Waals surface area contributed by atoms with Gasteiger partial charge in [-0.25, -0.2) is 5.48 Å². The van der Waals surface area contributed by atoms with Crippen LogP contribution in [0.5, 0.6) is 0 Å². The maximum atomic E-state index is 12.3. The second-order valence-corrected chi connectivity index (χ2v) is 4.93. The molecule has 23 heavy (non-hydrogen) atoms. The number of aliphatic hydroxyl groups excluding tert-OH is 1. The molecule has 1 aromatic rings. The van der Waals surface area contributed by atoms with Gasteiger partial charge in [0.05, 0.1) is 12.2 Å². The van der Waals surface area contributed by atoms with Crippen molar-refractivity contribution in [2.45, 2.75) is 46.4 Å². The van der Waals surface area contributed by atoms with Crippen molar-refractivity contribution in [2.75, 3.05) is 13.7 Å². The maximum absolute atomic E-state index is 12.3. The molecule has 0 saturated carbocycles. The number of aldehydes is 1. The van der Waals surface area contributed by atoms with Crippen LogP contribution in [-0.2, 0) is 11.0 Å². The molecule has 2 N–H and O–H groups in total. The minimum atomic E-state index is -4.46. The van der Waals surface area contributed by atoms with Gasteiger partial charge >= 0.3 is 6.18 Å². The van der Waals surface area contributed by atoms with E-state index in [4.69, 9.17) is 9.94 Å². The lowest BCUT2D eigenvalue weighted by atomic mass is 10.1. The van der Waals surface area contributed by atoms with Crippen LogP contribution in [0.3, 0.4) is 0 Å². The van der Waals surface area contributed by atoms with Crippen molar-refractivity contribution in [2.24, 2.45) is 0 Å². The summed E-state index contributed by atoms with van der Waals surface area (Å²) in [6.45, 7) is 9.16. The van der Waals surface area contributed by atoms with Gasteiger partial charge in [-0.15, -0.1) is 0 Å². The summed E-state index contributed by atoms with van der Waals surface area (Å²) in [5.41, 5.74) is 1.33. The molecule has 0 aliphatic rings. The van der Waals surface area contributed by atoms with Gasteiger partial charge < -0.3 is 5.11 Å². The maximum Gasteiger partial charge on any atom is 0.417 e. The number of hydrogen-bond acceptors (Lipinski definition) is 4. The Morgan fingerprint density at radius 3 is 2.09 bits per heavy atom. The SMILES string of the molecule is CC.CNOC(C)(C)CO.Cc1ccc(C=O)c(C(F)(F)F)c1. The number of benzene rings is 1. The minimum Gasteiger partial charge on any atom is -0.393 e. The first-order chi connectivity index (χ1) is 10.6. The molecule has 0 spiro atoms. The number of rotatable bonds is 4. The van der Waals surface area contributed by atoms with E-state index in [9.17, 15) is 18.0 Å². The fourth-order valence-corrected chi connectivity index (χ4v) is 1.33. The zero-order valence-corrected chi connectivity index (χ0v) is 14.4. The first-order valence-corrected chi connectivity index (χ1v) is 7.16. The molecular weight excluding hydrogens is 311 g/mol. The molecule has 1 rings (SSSR count). The number of carbonyl (C=O) groups excluding carboxylic acids is 1. The summed E-state index contributed by atoms with van der Waals surface area (Å²) in [7, 11) is 1.66. The quantitative estimate of drug-likeness (QED) is 0.649. The van der Waals surface area contributed by atoms with Gasteiger partial charge in [0.1, 0.15) is 5.60 Å². The third-order valence-electron chi connectivity index (χ3n) is 2.40. The first-order valence-electron chi connectivity index (χ1n) is 7.16. The highest BCUT2D eigenvalue weighted by Gasteiger charge is 2.33. The molecule has 0 aliphatic heterocycles. The van der Waals surface area contributed by atoms with Crippen LogP contribution in [0.1, 0.15) is 49.2 Å². The van der Waals surface area contributed by atoms with Gasteiger partial charge in [-0.05, 0) is 26.8 Å². The predicted octanol–water partition coefficient (Wildman–Crippen LogP) is 3.76. The molecule has 134 valence electrons. The summed E-state index contributed by atoms with van der Waals surface area (Å²) in [4.78, 5) is 15.2. The fourth-order valence-electron chi connectivity index (χ4n) is 1.33. The highest BCUT2D eigenvalue weighted by molar-refractivity contribution is 5.77. The van der Waals surface area contributed by atoms with Crippen molar-refractivity contribution in [3.63, 3.8) is 0 Å².